The van der Waals surface area contributed by atoms with Crippen LogP contribution in [0.25, 0.3) is 28.2 Å². The first kappa shape index (κ1) is 21.8. The van der Waals surface area contributed by atoms with Crippen LogP contribution < -0.4 is 5.32 Å². The highest BCUT2D eigenvalue weighted by Gasteiger charge is 2.27. The van der Waals surface area contributed by atoms with Gasteiger partial charge in [-0.25, -0.2) is 14.3 Å². The minimum absolute atomic E-state index is 0.0784. The molecule has 0 fully saturated rings. The number of aromatic nitrogens is 3. The van der Waals surface area contributed by atoms with Crippen LogP contribution in [0.3, 0.4) is 0 Å². The molecule has 0 bridgehead atoms. The summed E-state index contributed by atoms with van der Waals surface area (Å²) in [4.78, 5) is 28.5. The Morgan fingerprint density at radius 2 is 1.88 bits per heavy atom. The predicted molar refractivity (Wildman–Crippen MR) is 130 cm³/mol. The van der Waals surface area contributed by atoms with E-state index >= 15 is 0 Å². The van der Waals surface area contributed by atoms with Crippen LogP contribution in [0.2, 0.25) is 0 Å². The van der Waals surface area contributed by atoms with Gasteiger partial charge in [0.2, 0.25) is 0 Å². The summed E-state index contributed by atoms with van der Waals surface area (Å²) in [6.07, 6.45) is 2.00. The maximum Gasteiger partial charge on any atom is 0.408 e. The highest BCUT2D eigenvalue weighted by Crippen LogP contribution is 2.37. The molecule has 0 radical (unpaired) electrons. The molecule has 1 aliphatic rings. The summed E-state index contributed by atoms with van der Waals surface area (Å²) in [6, 6.07) is 19.5. The third-order valence-corrected chi connectivity index (χ3v) is 5.85. The Balaban J connectivity index is 1.54. The second-order valence-corrected chi connectivity index (χ2v) is 9.47. The number of nitrogens with one attached hydrogen (secondary N) is 1. The maximum atomic E-state index is 12.3. The summed E-state index contributed by atoms with van der Waals surface area (Å²) >= 11 is 0. The minimum atomic E-state index is -0.538. The lowest BCUT2D eigenvalue weighted by molar-refractivity contribution is 0.0503. The molecule has 2 heterocycles. The fourth-order valence-corrected chi connectivity index (χ4v) is 4.43. The monoisotopic (exact) mass is 454 g/mol. The number of carbonyl (C=O) groups is 2. The van der Waals surface area contributed by atoms with Crippen LogP contribution in [0, 0.1) is 0 Å². The van der Waals surface area contributed by atoms with Gasteiger partial charge in [-0.2, -0.15) is 5.10 Å². The SMILES string of the molecule is CC(C)(C)OC(=O)N[C@H]1CCc2cc(-c3nc4ccc(C=O)nn4c3-c3ccccc3)ccc21. The van der Waals surface area contributed by atoms with Crippen LogP contribution >= 0.6 is 0 Å². The topological polar surface area (TPSA) is 85.6 Å². The number of fused-ring (bicyclic) bond motifs is 2. The molecular weight excluding hydrogens is 428 g/mol. The van der Waals surface area contributed by atoms with Crippen LogP contribution in [0.4, 0.5) is 4.79 Å². The third-order valence-electron chi connectivity index (χ3n) is 5.85. The Hall–Kier alpha value is -4.00. The number of imidazole rings is 1. The molecule has 0 saturated carbocycles. The first-order valence-electron chi connectivity index (χ1n) is 11.4. The number of aldehydes is 1. The number of hydrogen-bond donors (Lipinski definition) is 1. The van der Waals surface area contributed by atoms with Crippen molar-refractivity contribution >= 4 is 18.0 Å². The zero-order valence-electron chi connectivity index (χ0n) is 19.4. The highest BCUT2D eigenvalue weighted by molar-refractivity contribution is 5.83. The van der Waals surface area contributed by atoms with E-state index in [1.54, 1.807) is 16.6 Å². The molecule has 1 aliphatic carbocycles. The number of aryl methyl sites for hydroxylation is 1. The number of benzene rings is 2. The number of amides is 1. The zero-order valence-corrected chi connectivity index (χ0v) is 19.4. The molecule has 7 heteroatoms. The minimum Gasteiger partial charge on any atom is -0.444 e. The van der Waals surface area contributed by atoms with Gasteiger partial charge in [0.05, 0.1) is 11.7 Å². The Labute approximate surface area is 197 Å². The average molecular weight is 455 g/mol. The van der Waals surface area contributed by atoms with Crippen molar-refractivity contribution in [2.24, 2.45) is 0 Å². The highest BCUT2D eigenvalue weighted by atomic mass is 16.6. The summed E-state index contributed by atoms with van der Waals surface area (Å²) in [6.45, 7) is 5.56. The van der Waals surface area contributed by atoms with E-state index in [9.17, 15) is 9.59 Å². The van der Waals surface area contributed by atoms with Gasteiger partial charge in [-0.15, -0.1) is 0 Å². The van der Waals surface area contributed by atoms with Crippen molar-refractivity contribution in [1.29, 1.82) is 0 Å². The number of carbonyl (C=O) groups excluding carboxylic acids is 2. The lowest BCUT2D eigenvalue weighted by Crippen LogP contribution is -2.34. The largest absolute Gasteiger partial charge is 0.444 e. The van der Waals surface area contributed by atoms with Gasteiger partial charge in [0.25, 0.3) is 0 Å². The van der Waals surface area contributed by atoms with Crippen LogP contribution in [-0.4, -0.2) is 32.6 Å². The molecule has 1 amide bonds. The maximum absolute atomic E-state index is 12.3. The summed E-state index contributed by atoms with van der Waals surface area (Å²) in [5, 5.41) is 7.49. The number of hydrogen-bond acceptors (Lipinski definition) is 5. The number of nitrogens with zero attached hydrogens (tertiary/aromatic N) is 3. The molecule has 2 aromatic heterocycles. The van der Waals surface area contributed by atoms with Crippen LogP contribution in [0.5, 0.6) is 0 Å². The molecular formula is C27H26N4O3. The van der Waals surface area contributed by atoms with Gasteiger partial charge in [-0.3, -0.25) is 4.79 Å². The predicted octanol–water partition coefficient (Wildman–Crippen LogP) is 5.39. The molecule has 2 aromatic carbocycles. The van der Waals surface area contributed by atoms with Gasteiger partial charge in [0, 0.05) is 11.1 Å². The molecule has 0 aliphatic heterocycles. The average Bonchev–Trinajstić information content (AvgIpc) is 3.38. The van der Waals surface area contributed by atoms with Gasteiger partial charge < -0.3 is 10.1 Å². The second-order valence-electron chi connectivity index (χ2n) is 9.47. The molecule has 34 heavy (non-hydrogen) atoms. The van der Waals surface area contributed by atoms with Gasteiger partial charge in [0.1, 0.15) is 17.0 Å². The van der Waals surface area contributed by atoms with Crippen molar-refractivity contribution in [2.45, 2.75) is 45.3 Å². The molecule has 1 atom stereocenters. The van der Waals surface area contributed by atoms with Crippen molar-refractivity contribution in [2.75, 3.05) is 0 Å². The van der Waals surface area contributed by atoms with Gasteiger partial charge in [-0.05, 0) is 62.9 Å². The first-order chi connectivity index (χ1) is 16.3. The van der Waals surface area contributed by atoms with Crippen LogP contribution in [0.15, 0.2) is 60.7 Å². The van der Waals surface area contributed by atoms with Gasteiger partial charge >= 0.3 is 6.09 Å². The second kappa shape index (κ2) is 8.41. The van der Waals surface area contributed by atoms with E-state index in [4.69, 9.17) is 9.72 Å². The number of alkyl carbamates (subject to hydrolysis) is 1. The summed E-state index contributed by atoms with van der Waals surface area (Å²) in [5.41, 5.74) is 6.32. The van der Waals surface area contributed by atoms with Crippen molar-refractivity contribution in [3.05, 3.63) is 77.5 Å². The van der Waals surface area contributed by atoms with Crippen molar-refractivity contribution in [3.63, 3.8) is 0 Å². The van der Waals surface area contributed by atoms with E-state index < -0.39 is 11.7 Å². The zero-order chi connectivity index (χ0) is 23.9. The van der Waals surface area contributed by atoms with E-state index in [-0.39, 0.29) is 6.04 Å². The molecule has 0 saturated heterocycles. The molecule has 7 nitrogen and oxygen atoms in total. The Kier molecular flexibility index (Phi) is 5.40. The number of ether oxygens (including phenoxy) is 1. The first-order valence-corrected chi connectivity index (χ1v) is 11.4. The van der Waals surface area contributed by atoms with E-state index in [1.807, 2.05) is 57.2 Å². The summed E-state index contributed by atoms with van der Waals surface area (Å²) < 4.78 is 7.16. The van der Waals surface area contributed by atoms with Crippen molar-refractivity contribution < 1.29 is 14.3 Å². The van der Waals surface area contributed by atoms with E-state index in [2.05, 4.69) is 22.5 Å². The van der Waals surface area contributed by atoms with E-state index in [0.29, 0.717) is 11.3 Å². The van der Waals surface area contributed by atoms with E-state index in [0.717, 1.165) is 47.2 Å². The molecule has 0 unspecified atom stereocenters. The van der Waals surface area contributed by atoms with Crippen LogP contribution in [0.1, 0.15) is 54.8 Å². The number of rotatable bonds is 4. The fourth-order valence-electron chi connectivity index (χ4n) is 4.43. The smallest absolute Gasteiger partial charge is 0.408 e. The molecule has 0 spiro atoms. The molecule has 4 aromatic rings. The quantitative estimate of drug-likeness (QED) is 0.418. The van der Waals surface area contributed by atoms with E-state index in [1.165, 1.54) is 5.56 Å². The van der Waals surface area contributed by atoms with Crippen LogP contribution in [-0.2, 0) is 11.2 Å². The Morgan fingerprint density at radius 1 is 1.09 bits per heavy atom. The van der Waals surface area contributed by atoms with Crippen molar-refractivity contribution in [3.8, 4) is 22.5 Å². The van der Waals surface area contributed by atoms with Gasteiger partial charge in [0.15, 0.2) is 11.9 Å². The molecule has 1 N–H and O–H groups in total. The normalized spacial score (nSPS) is 15.2. The van der Waals surface area contributed by atoms with Crippen molar-refractivity contribution in [1.82, 2.24) is 19.9 Å². The summed E-state index contributed by atoms with van der Waals surface area (Å²) in [5.74, 6) is 0. The van der Waals surface area contributed by atoms with Gasteiger partial charge in [-0.1, -0.05) is 42.5 Å². The Morgan fingerprint density at radius 3 is 2.62 bits per heavy atom. The molecule has 172 valence electrons. The standard InChI is InChI=1S/C27H26N4O3/c1-27(2,3)34-26(33)28-22-13-10-18-15-19(9-12-21(18)22)24-25(17-7-5-4-6-8-17)31-23(29-24)14-11-20(16-32)30-31/h4-9,11-12,14-16,22H,10,13H2,1-3H3,(H,28,33)/t22-/m0/s1. The Bertz CT molecular complexity index is 1390. The summed E-state index contributed by atoms with van der Waals surface area (Å²) in [7, 11) is 0. The fraction of sp³-hybridized carbons (Fsp3) is 0.259. The lowest BCUT2D eigenvalue weighted by atomic mass is 10.00. The lowest BCUT2D eigenvalue weighted by Gasteiger charge is -2.22. The third kappa shape index (κ3) is 4.17. The molecule has 5 rings (SSSR count).